The second-order valence-corrected chi connectivity index (χ2v) is 9.24. The van der Waals surface area contributed by atoms with Crippen LogP contribution in [0.15, 0.2) is 83.6 Å². The van der Waals surface area contributed by atoms with Gasteiger partial charge in [0.05, 0.1) is 7.11 Å². The highest BCUT2D eigenvalue weighted by atomic mass is 32.1. The molecule has 0 saturated carbocycles. The Morgan fingerprint density at radius 1 is 0.909 bits per heavy atom. The maximum absolute atomic E-state index is 6.63. The molecule has 0 amide bonds. The Bertz CT molecular complexity index is 1160. The summed E-state index contributed by atoms with van der Waals surface area (Å²) in [6, 6.07) is 25.3. The topological polar surface area (TPSA) is 24.9 Å². The third-order valence-corrected chi connectivity index (χ3v) is 7.13. The molecule has 33 heavy (non-hydrogen) atoms. The van der Waals surface area contributed by atoms with Crippen molar-refractivity contribution in [1.82, 2.24) is 4.90 Å². The van der Waals surface area contributed by atoms with E-state index in [0.717, 1.165) is 50.6 Å². The second-order valence-electron chi connectivity index (χ2n) is 8.46. The zero-order valence-electron chi connectivity index (χ0n) is 19.0. The number of ether oxygens (including phenoxy) is 2. The third-order valence-electron chi connectivity index (χ3n) is 6.43. The van der Waals surface area contributed by atoms with E-state index in [1.165, 1.54) is 22.0 Å². The lowest BCUT2D eigenvalue weighted by molar-refractivity contribution is 0.162. The zero-order valence-corrected chi connectivity index (χ0v) is 19.8. The molecule has 0 N–H and O–H groups in total. The lowest BCUT2D eigenvalue weighted by atomic mass is 10.1. The summed E-state index contributed by atoms with van der Waals surface area (Å²) in [5, 5.41) is 6.75. The number of thiophene rings is 1. The predicted octanol–water partition coefficient (Wildman–Crippen LogP) is 6.24. The molecular weight excluding hydrogens is 428 g/mol. The smallest absolute Gasteiger partial charge is 0.128 e. The molecule has 170 valence electrons. The van der Waals surface area contributed by atoms with Gasteiger partial charge in [-0.15, -0.1) is 0 Å². The highest BCUT2D eigenvalue weighted by molar-refractivity contribution is 7.07. The van der Waals surface area contributed by atoms with Crippen LogP contribution in [0.25, 0.3) is 10.8 Å². The van der Waals surface area contributed by atoms with Crippen LogP contribution in [-0.4, -0.2) is 44.7 Å². The molecule has 1 saturated heterocycles. The van der Waals surface area contributed by atoms with E-state index in [1.807, 2.05) is 6.07 Å². The quantitative estimate of drug-likeness (QED) is 0.312. The first kappa shape index (κ1) is 21.8. The molecule has 4 aromatic rings. The molecule has 1 aliphatic heterocycles. The Morgan fingerprint density at radius 3 is 2.55 bits per heavy atom. The molecule has 0 bridgehead atoms. The number of piperazine rings is 1. The molecular formula is C28H30N2O2S. The number of methoxy groups -OCH3 is 1. The Morgan fingerprint density at radius 2 is 1.73 bits per heavy atom. The summed E-state index contributed by atoms with van der Waals surface area (Å²) < 4.78 is 12.0. The van der Waals surface area contributed by atoms with E-state index < -0.39 is 0 Å². The van der Waals surface area contributed by atoms with Crippen molar-refractivity contribution in [3.8, 4) is 11.5 Å². The molecule has 1 atom stereocenters. The van der Waals surface area contributed by atoms with Crippen LogP contribution in [0.3, 0.4) is 0 Å². The van der Waals surface area contributed by atoms with Crippen LogP contribution in [0.1, 0.15) is 18.1 Å². The molecule has 3 aromatic carbocycles. The first-order valence-electron chi connectivity index (χ1n) is 11.6. The van der Waals surface area contributed by atoms with Gasteiger partial charge < -0.3 is 14.4 Å². The Labute approximate surface area is 200 Å². The minimum atomic E-state index is 0.0541. The molecule has 1 aromatic heterocycles. The summed E-state index contributed by atoms with van der Waals surface area (Å²) in [6.07, 6.45) is 1.03. The highest BCUT2D eigenvalue weighted by Crippen LogP contribution is 2.32. The van der Waals surface area contributed by atoms with Crippen molar-refractivity contribution < 1.29 is 9.47 Å². The Balaban J connectivity index is 1.23. The van der Waals surface area contributed by atoms with Gasteiger partial charge in [0.2, 0.25) is 0 Å². The van der Waals surface area contributed by atoms with Crippen molar-refractivity contribution in [1.29, 1.82) is 0 Å². The number of hydrogen-bond donors (Lipinski definition) is 0. The summed E-state index contributed by atoms with van der Waals surface area (Å²) in [5.41, 5.74) is 2.51. The van der Waals surface area contributed by atoms with Crippen molar-refractivity contribution in [2.45, 2.75) is 12.5 Å². The van der Waals surface area contributed by atoms with Crippen LogP contribution in [0.4, 0.5) is 5.69 Å². The van der Waals surface area contributed by atoms with Crippen LogP contribution in [-0.2, 0) is 0 Å². The van der Waals surface area contributed by atoms with Crippen molar-refractivity contribution in [3.63, 3.8) is 0 Å². The van der Waals surface area contributed by atoms with Crippen LogP contribution in [0, 0.1) is 0 Å². The van der Waals surface area contributed by atoms with Gasteiger partial charge in [-0.2, -0.15) is 11.3 Å². The number of nitrogens with zero attached hydrogens (tertiary/aromatic N) is 2. The minimum Gasteiger partial charge on any atom is -0.497 e. The summed E-state index contributed by atoms with van der Waals surface area (Å²) in [7, 11) is 1.72. The van der Waals surface area contributed by atoms with Gasteiger partial charge in [-0.25, -0.2) is 0 Å². The maximum atomic E-state index is 6.63. The molecule has 1 aliphatic rings. The fourth-order valence-electron chi connectivity index (χ4n) is 4.54. The van der Waals surface area contributed by atoms with Crippen molar-refractivity contribution in [2.75, 3.05) is 44.7 Å². The standard InChI is InChI=1S/C28H30N2O2S/c1-31-25-9-5-8-24(20-25)30-17-15-29(16-18-30)14-12-27(23-13-19-33-21-23)32-28-11-4-7-22-6-2-3-10-26(22)28/h2-11,13,19-21,27H,12,14-18H2,1H3. The highest BCUT2D eigenvalue weighted by Gasteiger charge is 2.21. The van der Waals surface area contributed by atoms with Gasteiger partial charge in [0.15, 0.2) is 0 Å². The van der Waals surface area contributed by atoms with Crippen molar-refractivity contribution >= 4 is 27.8 Å². The van der Waals surface area contributed by atoms with E-state index in [4.69, 9.17) is 9.47 Å². The number of hydrogen-bond acceptors (Lipinski definition) is 5. The first-order chi connectivity index (χ1) is 16.3. The lowest BCUT2D eigenvalue weighted by Crippen LogP contribution is -2.46. The van der Waals surface area contributed by atoms with Gasteiger partial charge in [0.25, 0.3) is 0 Å². The van der Waals surface area contributed by atoms with Gasteiger partial charge in [0, 0.05) is 61.8 Å². The van der Waals surface area contributed by atoms with Crippen molar-refractivity contribution in [2.24, 2.45) is 0 Å². The Kier molecular flexibility index (Phi) is 6.79. The van der Waals surface area contributed by atoms with Gasteiger partial charge in [-0.3, -0.25) is 4.90 Å². The molecule has 5 rings (SSSR count). The van der Waals surface area contributed by atoms with Crippen LogP contribution < -0.4 is 14.4 Å². The second kappa shape index (κ2) is 10.3. The molecule has 1 unspecified atom stereocenters. The fourth-order valence-corrected chi connectivity index (χ4v) is 5.24. The van der Waals surface area contributed by atoms with Gasteiger partial charge in [0.1, 0.15) is 17.6 Å². The van der Waals surface area contributed by atoms with E-state index in [9.17, 15) is 0 Å². The van der Waals surface area contributed by atoms with Gasteiger partial charge in [-0.1, -0.05) is 42.5 Å². The van der Waals surface area contributed by atoms with Crippen LogP contribution in [0.5, 0.6) is 11.5 Å². The van der Waals surface area contributed by atoms with Crippen LogP contribution >= 0.6 is 11.3 Å². The van der Waals surface area contributed by atoms with E-state index in [1.54, 1.807) is 18.4 Å². The van der Waals surface area contributed by atoms with E-state index in [-0.39, 0.29) is 6.10 Å². The molecule has 4 nitrogen and oxygen atoms in total. The molecule has 1 fully saturated rings. The molecule has 0 aliphatic carbocycles. The largest absolute Gasteiger partial charge is 0.497 e. The third kappa shape index (κ3) is 5.15. The number of benzene rings is 3. The summed E-state index contributed by atoms with van der Waals surface area (Å²) >= 11 is 1.73. The average molecular weight is 459 g/mol. The van der Waals surface area contributed by atoms with E-state index in [2.05, 4.69) is 87.3 Å². The molecule has 5 heteroatoms. The first-order valence-corrected chi connectivity index (χ1v) is 12.5. The number of fused-ring (bicyclic) bond motifs is 1. The lowest BCUT2D eigenvalue weighted by Gasteiger charge is -2.36. The van der Waals surface area contributed by atoms with E-state index in [0.29, 0.717) is 0 Å². The van der Waals surface area contributed by atoms with Gasteiger partial charge >= 0.3 is 0 Å². The van der Waals surface area contributed by atoms with Crippen molar-refractivity contribution in [3.05, 3.63) is 89.1 Å². The van der Waals surface area contributed by atoms with E-state index >= 15 is 0 Å². The zero-order chi connectivity index (χ0) is 22.5. The monoisotopic (exact) mass is 458 g/mol. The molecule has 0 radical (unpaired) electrons. The Hall–Kier alpha value is -3.02. The maximum Gasteiger partial charge on any atom is 0.128 e. The SMILES string of the molecule is COc1cccc(N2CCN(CCC(Oc3cccc4ccccc34)c3ccsc3)CC2)c1. The summed E-state index contributed by atoms with van der Waals surface area (Å²) in [4.78, 5) is 5.00. The summed E-state index contributed by atoms with van der Waals surface area (Å²) in [6.45, 7) is 5.20. The fraction of sp³-hybridized carbons (Fsp3) is 0.286. The predicted molar refractivity (Wildman–Crippen MR) is 138 cm³/mol. The minimum absolute atomic E-state index is 0.0541. The van der Waals surface area contributed by atoms with Crippen LogP contribution in [0.2, 0.25) is 0 Å². The number of rotatable bonds is 8. The average Bonchev–Trinajstić information content (AvgIpc) is 3.42. The number of anilines is 1. The normalized spacial score (nSPS) is 15.5. The molecule has 2 heterocycles. The van der Waals surface area contributed by atoms with Gasteiger partial charge in [-0.05, 0) is 40.4 Å². The molecule has 0 spiro atoms. The summed E-state index contributed by atoms with van der Waals surface area (Å²) in [5.74, 6) is 1.88.